The molecule has 0 unspecified atom stereocenters. The van der Waals surface area contributed by atoms with Crippen molar-refractivity contribution in [3.05, 3.63) is 0 Å². The second-order valence-electron chi connectivity index (χ2n) is 4.98. The summed E-state index contributed by atoms with van der Waals surface area (Å²) in [5.74, 6) is 0. The summed E-state index contributed by atoms with van der Waals surface area (Å²) in [6.07, 6.45) is 13.7. The zero-order valence-corrected chi connectivity index (χ0v) is 9.15. The zero-order chi connectivity index (χ0) is 9.57. The van der Waals surface area contributed by atoms with Crippen molar-refractivity contribution in [2.75, 3.05) is 0 Å². The molecule has 0 aliphatic heterocycles. The molecular formula is C12H23B. The molecule has 0 N–H and O–H groups in total. The van der Waals surface area contributed by atoms with Gasteiger partial charge in [-0.3, -0.25) is 0 Å². The van der Waals surface area contributed by atoms with Gasteiger partial charge < -0.3 is 0 Å². The Morgan fingerprint density at radius 3 is 1.38 bits per heavy atom. The van der Waals surface area contributed by atoms with Crippen LogP contribution in [0, 0.1) is 0 Å². The molecular weight excluding hydrogens is 155 g/mol. The Bertz CT molecular complexity index is 115. The minimum atomic E-state index is 0.129. The van der Waals surface area contributed by atoms with Gasteiger partial charge in [-0.05, 0) is 0 Å². The van der Waals surface area contributed by atoms with E-state index in [9.17, 15) is 0 Å². The average Bonchev–Trinajstić information content (AvgIpc) is 2.10. The van der Waals surface area contributed by atoms with E-state index in [0.717, 1.165) is 0 Å². The van der Waals surface area contributed by atoms with Gasteiger partial charge in [-0.2, -0.15) is 0 Å². The fraction of sp³-hybridized carbons (Fsp3) is 1.00. The number of rotatable bonds is 0. The van der Waals surface area contributed by atoms with Crippen molar-refractivity contribution in [1.82, 2.24) is 0 Å². The molecule has 0 saturated heterocycles. The molecule has 0 heterocycles. The first-order valence-corrected chi connectivity index (χ1v) is 6.00. The average molecular weight is 178 g/mol. The van der Waals surface area contributed by atoms with Gasteiger partial charge in [0.05, 0.1) is 7.85 Å². The summed E-state index contributed by atoms with van der Waals surface area (Å²) in [6, 6.07) is 0. The lowest BCUT2D eigenvalue weighted by Gasteiger charge is -2.24. The van der Waals surface area contributed by atoms with Gasteiger partial charge in [0.25, 0.3) is 0 Å². The first-order chi connectivity index (χ1) is 6.21. The van der Waals surface area contributed by atoms with Crippen LogP contribution in [0.15, 0.2) is 0 Å². The molecule has 0 nitrogen and oxygen atoms in total. The molecule has 1 aliphatic rings. The van der Waals surface area contributed by atoms with Crippen molar-refractivity contribution in [2.45, 2.75) is 76.4 Å². The maximum absolute atomic E-state index is 6.22. The molecule has 1 fully saturated rings. The largest absolute Gasteiger partial charge is 0.0742 e. The lowest BCUT2D eigenvalue weighted by molar-refractivity contribution is 0.468. The summed E-state index contributed by atoms with van der Waals surface area (Å²) in [7, 11) is 6.22. The third-order valence-electron chi connectivity index (χ3n) is 3.25. The molecule has 0 aromatic carbocycles. The summed E-state index contributed by atoms with van der Waals surface area (Å²) >= 11 is 0. The number of hydrogen-bond donors (Lipinski definition) is 0. The van der Waals surface area contributed by atoms with Crippen molar-refractivity contribution in [1.29, 1.82) is 0 Å². The molecule has 0 atom stereocenters. The standard InChI is InChI=1S/C12H23B/c1-12(13)10-8-6-4-2-3-5-7-9-11-12/h2-11H2,1H3. The Labute approximate surface area is 84.9 Å². The molecule has 74 valence electrons. The molecule has 13 heavy (non-hydrogen) atoms. The van der Waals surface area contributed by atoms with E-state index < -0.39 is 0 Å². The smallest absolute Gasteiger partial charge is 0.0688 e. The topological polar surface area (TPSA) is 0 Å². The van der Waals surface area contributed by atoms with E-state index in [-0.39, 0.29) is 5.31 Å². The fourth-order valence-electron chi connectivity index (χ4n) is 2.24. The van der Waals surface area contributed by atoms with Crippen molar-refractivity contribution in [3.8, 4) is 0 Å². The van der Waals surface area contributed by atoms with Crippen LogP contribution in [-0.4, -0.2) is 7.85 Å². The van der Waals surface area contributed by atoms with Crippen LogP contribution >= 0.6 is 0 Å². The van der Waals surface area contributed by atoms with Crippen LogP contribution in [0.25, 0.3) is 0 Å². The van der Waals surface area contributed by atoms with Crippen molar-refractivity contribution < 1.29 is 0 Å². The Morgan fingerprint density at radius 1 is 0.692 bits per heavy atom. The second kappa shape index (κ2) is 5.72. The Hall–Kier alpha value is 0.0649. The molecule has 0 amide bonds. The van der Waals surface area contributed by atoms with Gasteiger partial charge in [0.2, 0.25) is 0 Å². The monoisotopic (exact) mass is 178 g/mol. The van der Waals surface area contributed by atoms with Crippen molar-refractivity contribution in [3.63, 3.8) is 0 Å². The lowest BCUT2D eigenvalue weighted by atomic mass is 9.64. The minimum Gasteiger partial charge on any atom is -0.0688 e. The summed E-state index contributed by atoms with van der Waals surface area (Å²) in [4.78, 5) is 0. The second-order valence-corrected chi connectivity index (χ2v) is 4.98. The summed E-state index contributed by atoms with van der Waals surface area (Å²) in [5.41, 5.74) is 0. The molecule has 1 aliphatic carbocycles. The van der Waals surface area contributed by atoms with Gasteiger partial charge in [-0.25, -0.2) is 0 Å². The Morgan fingerprint density at radius 2 is 1.00 bits per heavy atom. The summed E-state index contributed by atoms with van der Waals surface area (Å²) in [5, 5.41) is 0.129. The van der Waals surface area contributed by atoms with Crippen molar-refractivity contribution >= 4 is 7.85 Å². The van der Waals surface area contributed by atoms with E-state index in [4.69, 9.17) is 7.85 Å². The van der Waals surface area contributed by atoms with E-state index in [1.165, 1.54) is 64.2 Å². The Kier molecular flexibility index (Phi) is 4.91. The molecule has 2 radical (unpaired) electrons. The molecule has 0 spiro atoms. The van der Waals surface area contributed by atoms with E-state index in [0.29, 0.717) is 0 Å². The van der Waals surface area contributed by atoms with Gasteiger partial charge in [0.1, 0.15) is 0 Å². The van der Waals surface area contributed by atoms with Crippen LogP contribution in [0.3, 0.4) is 0 Å². The van der Waals surface area contributed by atoms with Gasteiger partial charge in [-0.1, -0.05) is 76.4 Å². The predicted molar refractivity (Wildman–Crippen MR) is 60.3 cm³/mol. The Balaban J connectivity index is 2.27. The molecule has 1 heteroatoms. The maximum Gasteiger partial charge on any atom is 0.0742 e. The highest BCUT2D eigenvalue weighted by Gasteiger charge is 2.16. The highest BCUT2D eigenvalue weighted by Crippen LogP contribution is 2.35. The van der Waals surface area contributed by atoms with E-state index in [1.54, 1.807) is 0 Å². The first kappa shape index (κ1) is 11.1. The fourth-order valence-corrected chi connectivity index (χ4v) is 2.24. The SMILES string of the molecule is [B]C1(C)CCCCCCCCCC1. The third-order valence-corrected chi connectivity index (χ3v) is 3.25. The summed E-state index contributed by atoms with van der Waals surface area (Å²) < 4.78 is 0. The normalized spacial score (nSPS) is 26.2. The predicted octanol–water partition coefficient (Wildman–Crippen LogP) is 4.25. The maximum atomic E-state index is 6.22. The van der Waals surface area contributed by atoms with E-state index >= 15 is 0 Å². The van der Waals surface area contributed by atoms with Gasteiger partial charge in [-0.15, -0.1) is 0 Å². The van der Waals surface area contributed by atoms with Gasteiger partial charge in [0.15, 0.2) is 0 Å². The van der Waals surface area contributed by atoms with Crippen LogP contribution < -0.4 is 0 Å². The molecule has 1 rings (SSSR count). The zero-order valence-electron chi connectivity index (χ0n) is 9.15. The molecule has 0 bridgehead atoms. The van der Waals surface area contributed by atoms with Crippen molar-refractivity contribution in [2.24, 2.45) is 0 Å². The van der Waals surface area contributed by atoms with E-state index in [1.807, 2.05) is 0 Å². The minimum absolute atomic E-state index is 0.129. The number of hydrogen-bond acceptors (Lipinski definition) is 0. The molecule has 0 aromatic rings. The van der Waals surface area contributed by atoms with Crippen LogP contribution in [0.1, 0.15) is 71.1 Å². The molecule has 0 aromatic heterocycles. The van der Waals surface area contributed by atoms with E-state index in [2.05, 4.69) is 6.92 Å². The third kappa shape index (κ3) is 5.39. The molecule has 1 saturated carbocycles. The van der Waals surface area contributed by atoms with Crippen LogP contribution in [0.4, 0.5) is 0 Å². The van der Waals surface area contributed by atoms with Crippen LogP contribution in [-0.2, 0) is 0 Å². The quantitative estimate of drug-likeness (QED) is 0.486. The van der Waals surface area contributed by atoms with Crippen LogP contribution in [0.2, 0.25) is 5.31 Å². The van der Waals surface area contributed by atoms with Gasteiger partial charge >= 0.3 is 0 Å². The lowest BCUT2D eigenvalue weighted by Crippen LogP contribution is -2.07. The highest BCUT2D eigenvalue weighted by molar-refractivity contribution is 6.14. The highest BCUT2D eigenvalue weighted by atomic mass is 14.2. The van der Waals surface area contributed by atoms with Gasteiger partial charge in [0, 0.05) is 0 Å². The first-order valence-electron chi connectivity index (χ1n) is 6.00. The summed E-state index contributed by atoms with van der Waals surface area (Å²) in [6.45, 7) is 2.23. The van der Waals surface area contributed by atoms with Crippen LogP contribution in [0.5, 0.6) is 0 Å².